The maximum Gasteiger partial charge on any atom is 0.267 e. The van der Waals surface area contributed by atoms with Gasteiger partial charge in [0.2, 0.25) is 0 Å². The van der Waals surface area contributed by atoms with E-state index in [1.54, 1.807) is 42.8 Å². The first-order valence-corrected chi connectivity index (χ1v) is 12.3. The monoisotopic (exact) mass is 511 g/mol. The van der Waals surface area contributed by atoms with Crippen LogP contribution in [0.15, 0.2) is 117 Å². The van der Waals surface area contributed by atoms with E-state index in [2.05, 4.69) is 10.2 Å². The number of ether oxygens (including phenoxy) is 1. The van der Waals surface area contributed by atoms with Gasteiger partial charge in [-0.05, 0) is 59.3 Å². The molecule has 1 aliphatic rings. The highest BCUT2D eigenvalue weighted by Gasteiger charge is 2.34. The number of hydrogen-bond acceptors (Lipinski definition) is 6. The molecule has 1 amide bonds. The van der Waals surface area contributed by atoms with E-state index in [1.807, 2.05) is 54.6 Å². The summed E-state index contributed by atoms with van der Waals surface area (Å²) in [6, 6.07) is 27.2. The molecule has 0 unspecified atom stereocenters. The van der Waals surface area contributed by atoms with Crippen LogP contribution in [0.2, 0.25) is 0 Å². The third-order valence-corrected chi connectivity index (χ3v) is 6.43. The zero-order chi connectivity index (χ0) is 25.5. The van der Waals surface area contributed by atoms with Crippen LogP contribution >= 0.6 is 11.8 Å². The largest absolute Gasteiger partial charge is 0.489 e. The summed E-state index contributed by atoms with van der Waals surface area (Å²) in [6.45, 7) is 0.645. The number of hydrogen-bond donors (Lipinski definition) is 0. The van der Waals surface area contributed by atoms with Gasteiger partial charge in [0.15, 0.2) is 5.17 Å². The Balaban J connectivity index is 1.34. The fourth-order valence-electron chi connectivity index (χ4n) is 3.58. The number of rotatable bonds is 8. The fourth-order valence-corrected chi connectivity index (χ4v) is 4.51. The maximum atomic E-state index is 14.2. The molecule has 0 spiro atoms. The molecule has 5 rings (SSSR count). The van der Waals surface area contributed by atoms with Gasteiger partial charge in [-0.25, -0.2) is 4.39 Å². The first-order valence-electron chi connectivity index (χ1n) is 11.5. The standard InChI is InChI=1S/C29H22FN3O3S/c30-26-14-5-4-11-23(26)17-27-28(34)33(19-25-13-7-15-35-25)29(37-27)32-31-18-22-10-6-12-24(16-22)36-20-21-8-2-1-3-9-21/h1-18H,19-20H2/b27-17-,31-18-,32-29+. The molecule has 3 aromatic carbocycles. The van der Waals surface area contributed by atoms with Crippen LogP contribution in [0.1, 0.15) is 22.5 Å². The highest BCUT2D eigenvalue weighted by molar-refractivity contribution is 8.18. The number of nitrogens with zero attached hydrogens (tertiary/aromatic N) is 3. The Kier molecular flexibility index (Phi) is 7.57. The van der Waals surface area contributed by atoms with Gasteiger partial charge in [-0.1, -0.05) is 60.7 Å². The minimum Gasteiger partial charge on any atom is -0.489 e. The maximum absolute atomic E-state index is 14.2. The van der Waals surface area contributed by atoms with Crippen LogP contribution in [-0.4, -0.2) is 22.2 Å². The Bertz CT molecular complexity index is 1470. The van der Waals surface area contributed by atoms with Crippen LogP contribution in [0.5, 0.6) is 5.75 Å². The average Bonchev–Trinajstić information content (AvgIpc) is 3.54. The third-order valence-electron chi connectivity index (χ3n) is 5.43. The molecule has 4 aromatic rings. The molecule has 0 N–H and O–H groups in total. The SMILES string of the molecule is O=C1/C(=C/c2ccccc2F)S/C(=N/N=C\c2cccc(OCc3ccccc3)c2)N1Cc1ccco1. The summed E-state index contributed by atoms with van der Waals surface area (Å²) in [5, 5.41) is 8.89. The summed E-state index contributed by atoms with van der Waals surface area (Å²) in [6.07, 6.45) is 4.66. The number of furan rings is 1. The Hall–Kier alpha value is -4.43. The van der Waals surface area contributed by atoms with E-state index in [0.29, 0.717) is 33.8 Å². The molecule has 0 aliphatic carbocycles. The van der Waals surface area contributed by atoms with Crippen molar-refractivity contribution < 1.29 is 18.3 Å². The van der Waals surface area contributed by atoms with E-state index in [1.165, 1.54) is 17.0 Å². The van der Waals surface area contributed by atoms with E-state index < -0.39 is 5.82 Å². The van der Waals surface area contributed by atoms with E-state index in [-0.39, 0.29) is 12.5 Å². The van der Waals surface area contributed by atoms with Gasteiger partial charge in [0.1, 0.15) is 23.9 Å². The van der Waals surface area contributed by atoms with Crippen LogP contribution in [0.3, 0.4) is 0 Å². The van der Waals surface area contributed by atoms with Crippen LogP contribution in [-0.2, 0) is 17.9 Å². The summed E-state index contributed by atoms with van der Waals surface area (Å²) in [7, 11) is 0. The minimum atomic E-state index is -0.404. The average molecular weight is 512 g/mol. The normalized spacial score (nSPS) is 15.8. The van der Waals surface area contributed by atoms with Crippen molar-refractivity contribution in [1.29, 1.82) is 0 Å². The molecule has 0 saturated carbocycles. The molecule has 2 heterocycles. The molecule has 8 heteroatoms. The number of amidine groups is 1. The van der Waals surface area contributed by atoms with Crippen molar-refractivity contribution in [3.05, 3.63) is 130 Å². The second kappa shape index (κ2) is 11.5. The van der Waals surface area contributed by atoms with Crippen molar-refractivity contribution in [2.24, 2.45) is 10.2 Å². The van der Waals surface area contributed by atoms with E-state index in [0.717, 1.165) is 22.9 Å². The lowest BCUT2D eigenvalue weighted by Gasteiger charge is -2.12. The van der Waals surface area contributed by atoms with Crippen molar-refractivity contribution in [2.75, 3.05) is 0 Å². The quantitative estimate of drug-likeness (QED) is 0.154. The smallest absolute Gasteiger partial charge is 0.267 e. The van der Waals surface area contributed by atoms with E-state index in [4.69, 9.17) is 9.15 Å². The van der Waals surface area contributed by atoms with Gasteiger partial charge in [-0.3, -0.25) is 9.69 Å². The predicted molar refractivity (Wildman–Crippen MR) is 143 cm³/mol. The first kappa shape index (κ1) is 24.3. The summed E-state index contributed by atoms with van der Waals surface area (Å²) in [5.74, 6) is 0.607. The zero-order valence-corrected chi connectivity index (χ0v) is 20.5. The molecule has 0 radical (unpaired) electrons. The second-order valence-corrected chi connectivity index (χ2v) is 9.09. The predicted octanol–water partition coefficient (Wildman–Crippen LogP) is 6.50. The van der Waals surface area contributed by atoms with Crippen molar-refractivity contribution in [1.82, 2.24) is 4.90 Å². The Morgan fingerprint density at radius 1 is 0.973 bits per heavy atom. The summed E-state index contributed by atoms with van der Waals surface area (Å²) < 4.78 is 25.5. The number of benzene rings is 3. The Morgan fingerprint density at radius 2 is 1.81 bits per heavy atom. The van der Waals surface area contributed by atoms with Gasteiger partial charge in [0.25, 0.3) is 5.91 Å². The van der Waals surface area contributed by atoms with Crippen LogP contribution in [0, 0.1) is 5.82 Å². The Labute approximate surface area is 217 Å². The van der Waals surface area contributed by atoms with Crippen molar-refractivity contribution in [3.63, 3.8) is 0 Å². The highest BCUT2D eigenvalue weighted by atomic mass is 32.2. The minimum absolute atomic E-state index is 0.185. The molecule has 1 aliphatic heterocycles. The summed E-state index contributed by atoms with van der Waals surface area (Å²) in [4.78, 5) is 15.0. The molecule has 1 saturated heterocycles. The van der Waals surface area contributed by atoms with Gasteiger partial charge in [0.05, 0.1) is 23.9 Å². The molecule has 1 fully saturated rings. The number of carbonyl (C=O) groups is 1. The van der Waals surface area contributed by atoms with Crippen LogP contribution in [0.25, 0.3) is 6.08 Å². The first-order chi connectivity index (χ1) is 18.2. The molecular formula is C29H22FN3O3S. The highest BCUT2D eigenvalue weighted by Crippen LogP contribution is 2.34. The number of halogens is 1. The number of carbonyl (C=O) groups excluding carboxylic acids is 1. The Morgan fingerprint density at radius 3 is 2.62 bits per heavy atom. The van der Waals surface area contributed by atoms with E-state index in [9.17, 15) is 9.18 Å². The number of amides is 1. The second-order valence-electron chi connectivity index (χ2n) is 8.08. The molecule has 0 bridgehead atoms. The summed E-state index contributed by atoms with van der Waals surface area (Å²) >= 11 is 1.14. The van der Waals surface area contributed by atoms with Crippen LogP contribution < -0.4 is 4.74 Å². The number of thioether (sulfide) groups is 1. The van der Waals surface area contributed by atoms with Gasteiger partial charge < -0.3 is 9.15 Å². The molecule has 6 nitrogen and oxygen atoms in total. The van der Waals surface area contributed by atoms with E-state index >= 15 is 0 Å². The lowest BCUT2D eigenvalue weighted by atomic mass is 10.2. The fraction of sp³-hybridized carbons (Fsp3) is 0.0690. The third kappa shape index (κ3) is 6.23. The lowest BCUT2D eigenvalue weighted by molar-refractivity contribution is -0.122. The van der Waals surface area contributed by atoms with Gasteiger partial charge in [0, 0.05) is 5.56 Å². The molecule has 37 heavy (non-hydrogen) atoms. The van der Waals surface area contributed by atoms with Crippen molar-refractivity contribution >= 4 is 35.1 Å². The molecule has 1 aromatic heterocycles. The molecule has 0 atom stereocenters. The topological polar surface area (TPSA) is 67.4 Å². The summed E-state index contributed by atoms with van der Waals surface area (Å²) in [5.41, 5.74) is 2.20. The zero-order valence-electron chi connectivity index (χ0n) is 19.7. The lowest BCUT2D eigenvalue weighted by Crippen LogP contribution is -2.28. The molecule has 184 valence electrons. The van der Waals surface area contributed by atoms with Crippen molar-refractivity contribution in [2.45, 2.75) is 13.2 Å². The van der Waals surface area contributed by atoms with Crippen molar-refractivity contribution in [3.8, 4) is 5.75 Å². The van der Waals surface area contributed by atoms with Gasteiger partial charge >= 0.3 is 0 Å². The van der Waals surface area contributed by atoms with Gasteiger partial charge in [-0.15, -0.1) is 5.10 Å². The van der Waals surface area contributed by atoms with Gasteiger partial charge in [-0.2, -0.15) is 5.10 Å². The van der Waals surface area contributed by atoms with Crippen LogP contribution in [0.4, 0.5) is 4.39 Å². The molecular weight excluding hydrogens is 489 g/mol.